The van der Waals surface area contributed by atoms with Crippen molar-refractivity contribution in [1.29, 1.82) is 0 Å². The quantitative estimate of drug-likeness (QED) is 0.451. The van der Waals surface area contributed by atoms with Gasteiger partial charge in [0.2, 0.25) is 16.0 Å². The molecule has 4 rings (SSSR count). The molecule has 3 N–H and O–H groups in total. The Morgan fingerprint density at radius 2 is 1.83 bits per heavy atom. The summed E-state index contributed by atoms with van der Waals surface area (Å²) in [4.78, 5) is 27.3. The minimum Gasteiger partial charge on any atom is -0.378 e. The Kier molecular flexibility index (Phi) is 7.10. The highest BCUT2D eigenvalue weighted by Gasteiger charge is 2.29. The molecule has 0 aliphatic carbocycles. The van der Waals surface area contributed by atoms with Crippen molar-refractivity contribution in [1.82, 2.24) is 20.3 Å². The topological polar surface area (TPSA) is 138 Å². The Hall–Kier alpha value is -3.03. The van der Waals surface area contributed by atoms with Crippen molar-refractivity contribution in [2.24, 2.45) is 0 Å². The van der Waals surface area contributed by atoms with E-state index < -0.39 is 14.8 Å². The van der Waals surface area contributed by atoms with Crippen LogP contribution in [0.1, 0.15) is 27.7 Å². The molecule has 3 aromatic rings. The van der Waals surface area contributed by atoms with E-state index in [0.717, 1.165) is 34.6 Å². The summed E-state index contributed by atoms with van der Waals surface area (Å²) in [7, 11) is -3.63. The van der Waals surface area contributed by atoms with Crippen molar-refractivity contribution in [2.45, 2.75) is 32.4 Å². The number of nitrogens with one attached hydrogen (secondary N) is 3. The maximum atomic E-state index is 12.4. The third-order valence-corrected chi connectivity index (χ3v) is 8.47. The summed E-state index contributed by atoms with van der Waals surface area (Å²) in [6.07, 6.45) is 3.16. The number of hydrogen-bond acceptors (Lipinski definition) is 9. The van der Waals surface area contributed by atoms with Crippen LogP contribution in [-0.4, -0.2) is 67.0 Å². The van der Waals surface area contributed by atoms with E-state index in [9.17, 15) is 13.2 Å². The second kappa shape index (κ2) is 9.91. The van der Waals surface area contributed by atoms with Crippen LogP contribution in [0.25, 0.3) is 21.3 Å². The zero-order valence-corrected chi connectivity index (χ0v) is 21.7. The molecule has 1 aromatic carbocycles. The number of ether oxygens (including phenoxy) is 1. The van der Waals surface area contributed by atoms with Gasteiger partial charge < -0.3 is 15.0 Å². The molecule has 2 amide bonds. The van der Waals surface area contributed by atoms with Crippen LogP contribution in [0, 0.1) is 0 Å². The van der Waals surface area contributed by atoms with E-state index in [-0.39, 0.29) is 12.0 Å². The molecule has 13 heteroatoms. The third kappa shape index (κ3) is 5.63. The number of sulfonamides is 1. The number of amides is 2. The van der Waals surface area contributed by atoms with Gasteiger partial charge in [0.1, 0.15) is 0 Å². The van der Waals surface area contributed by atoms with Crippen LogP contribution < -0.4 is 20.3 Å². The molecule has 11 nitrogen and oxygen atoms in total. The first-order valence-corrected chi connectivity index (χ1v) is 13.5. The Labute approximate surface area is 208 Å². The van der Waals surface area contributed by atoms with E-state index in [2.05, 4.69) is 35.2 Å². The van der Waals surface area contributed by atoms with E-state index in [0.29, 0.717) is 30.5 Å². The molecule has 2 aromatic heterocycles. The van der Waals surface area contributed by atoms with Gasteiger partial charge in [-0.1, -0.05) is 11.3 Å². The van der Waals surface area contributed by atoms with Crippen LogP contribution in [0.2, 0.25) is 0 Å². The molecular weight excluding hydrogens is 490 g/mol. The Bertz CT molecular complexity index is 1310. The third-order valence-electron chi connectivity index (χ3n) is 5.40. The van der Waals surface area contributed by atoms with Crippen molar-refractivity contribution >= 4 is 54.4 Å². The number of aromatic nitrogens is 3. The van der Waals surface area contributed by atoms with E-state index in [4.69, 9.17) is 4.74 Å². The van der Waals surface area contributed by atoms with Gasteiger partial charge in [-0.3, -0.25) is 10.0 Å². The van der Waals surface area contributed by atoms with Gasteiger partial charge in [-0.2, -0.15) is 0 Å². The van der Waals surface area contributed by atoms with Crippen LogP contribution in [0.15, 0.2) is 24.5 Å². The summed E-state index contributed by atoms with van der Waals surface area (Å²) < 4.78 is 32.7. The summed E-state index contributed by atoms with van der Waals surface area (Å²) in [5.74, 6) is 0.0141. The zero-order valence-electron chi connectivity index (χ0n) is 20.1. The number of rotatable bonds is 6. The summed E-state index contributed by atoms with van der Waals surface area (Å²) in [5, 5.41) is 6.00. The summed E-state index contributed by atoms with van der Waals surface area (Å²) >= 11 is 1.41. The number of thiazole rings is 1. The second-order valence-corrected chi connectivity index (χ2v) is 12.4. The molecule has 1 saturated heterocycles. The van der Waals surface area contributed by atoms with Crippen molar-refractivity contribution in [2.75, 3.05) is 47.8 Å². The van der Waals surface area contributed by atoms with Gasteiger partial charge in [0.15, 0.2) is 5.13 Å². The zero-order chi connectivity index (χ0) is 25.2. The van der Waals surface area contributed by atoms with Gasteiger partial charge in [0, 0.05) is 37.6 Å². The van der Waals surface area contributed by atoms with Crippen molar-refractivity contribution in [3.63, 3.8) is 0 Å². The smallest absolute Gasteiger partial charge is 0.321 e. The molecule has 1 fully saturated rings. The number of carbonyl (C=O) groups is 1. The van der Waals surface area contributed by atoms with Gasteiger partial charge in [-0.05, 0) is 45.4 Å². The lowest BCUT2D eigenvalue weighted by Gasteiger charge is -2.29. The number of nitrogens with zero attached hydrogens (tertiary/aromatic N) is 4. The second-order valence-electron chi connectivity index (χ2n) is 8.96. The molecule has 0 unspecified atom stereocenters. The highest BCUT2D eigenvalue weighted by molar-refractivity contribution is 7.94. The number of morpholine rings is 1. The molecule has 0 bridgehead atoms. The van der Waals surface area contributed by atoms with Crippen molar-refractivity contribution < 1.29 is 17.9 Å². The summed E-state index contributed by atoms with van der Waals surface area (Å²) in [6, 6.07) is 3.65. The molecule has 3 heterocycles. The number of anilines is 3. The highest BCUT2D eigenvalue weighted by atomic mass is 32.2. The van der Waals surface area contributed by atoms with Gasteiger partial charge in [0.25, 0.3) is 0 Å². The van der Waals surface area contributed by atoms with Crippen LogP contribution in [0.5, 0.6) is 0 Å². The van der Waals surface area contributed by atoms with Crippen LogP contribution >= 0.6 is 11.3 Å². The van der Waals surface area contributed by atoms with E-state index >= 15 is 0 Å². The van der Waals surface area contributed by atoms with Crippen LogP contribution in [0.4, 0.5) is 21.6 Å². The molecule has 0 radical (unpaired) electrons. The Morgan fingerprint density at radius 1 is 1.14 bits per heavy atom. The lowest BCUT2D eigenvalue weighted by molar-refractivity contribution is 0.123. The van der Waals surface area contributed by atoms with E-state index in [1.165, 1.54) is 11.3 Å². The first-order valence-electron chi connectivity index (χ1n) is 11.2. The maximum absolute atomic E-state index is 12.4. The van der Waals surface area contributed by atoms with E-state index in [1.54, 1.807) is 33.2 Å². The average molecular weight is 520 g/mol. The molecule has 0 atom stereocenters. The lowest BCUT2D eigenvalue weighted by Crippen LogP contribution is -2.36. The standard InChI is InChI=1S/C22H29N7O4S2/c1-5-23-20(30)27-21-26-16-10-14(11-17(18(16)34-21)29-6-8-33-9-7-29)15-12-24-19(25-13-15)28-35(31,32)22(2,3)4/h10-13H,5-9H2,1-4H3,(H,24,25,28)(H2,23,26,27,30). The van der Waals surface area contributed by atoms with Gasteiger partial charge in [-0.15, -0.1) is 0 Å². The predicted molar refractivity (Wildman–Crippen MR) is 139 cm³/mol. The minimum atomic E-state index is -3.63. The van der Waals surface area contributed by atoms with Crippen LogP contribution in [0.3, 0.4) is 0 Å². The predicted octanol–water partition coefficient (Wildman–Crippen LogP) is 3.27. The molecule has 188 valence electrons. The molecular formula is C22H29N7O4S2. The average Bonchev–Trinajstić information content (AvgIpc) is 3.21. The maximum Gasteiger partial charge on any atom is 0.321 e. The van der Waals surface area contributed by atoms with Crippen molar-refractivity contribution in [3.05, 3.63) is 24.5 Å². The highest BCUT2D eigenvalue weighted by Crippen LogP contribution is 2.38. The van der Waals surface area contributed by atoms with Crippen LogP contribution in [-0.2, 0) is 14.8 Å². The number of carbonyl (C=O) groups excluding carboxylic acids is 1. The molecule has 1 aliphatic rings. The Balaban J connectivity index is 1.69. The fourth-order valence-corrected chi connectivity index (χ4v) is 5.01. The van der Waals surface area contributed by atoms with Gasteiger partial charge in [0.05, 0.1) is 33.9 Å². The molecule has 1 aliphatic heterocycles. The number of fused-ring (bicyclic) bond motifs is 1. The van der Waals surface area contributed by atoms with E-state index in [1.807, 2.05) is 19.1 Å². The monoisotopic (exact) mass is 519 g/mol. The largest absolute Gasteiger partial charge is 0.378 e. The number of urea groups is 1. The first kappa shape index (κ1) is 25.1. The minimum absolute atomic E-state index is 0.0141. The molecule has 0 saturated carbocycles. The fraction of sp³-hybridized carbons (Fsp3) is 0.455. The summed E-state index contributed by atoms with van der Waals surface area (Å²) in [5.41, 5.74) is 3.27. The number of hydrogen-bond donors (Lipinski definition) is 3. The summed E-state index contributed by atoms with van der Waals surface area (Å²) in [6.45, 7) is 9.91. The first-order chi connectivity index (χ1) is 16.6. The number of benzene rings is 1. The Morgan fingerprint density at radius 3 is 2.46 bits per heavy atom. The molecule has 0 spiro atoms. The SMILES string of the molecule is CCNC(=O)Nc1nc2cc(-c3cnc(NS(=O)(=O)C(C)(C)C)nc3)cc(N3CCOCC3)c2s1. The normalized spacial score (nSPS) is 14.7. The fourth-order valence-electron chi connectivity index (χ4n) is 3.38. The van der Waals surface area contributed by atoms with Gasteiger partial charge >= 0.3 is 6.03 Å². The van der Waals surface area contributed by atoms with Gasteiger partial charge in [-0.25, -0.2) is 28.2 Å². The lowest BCUT2D eigenvalue weighted by atomic mass is 10.1. The molecule has 35 heavy (non-hydrogen) atoms. The van der Waals surface area contributed by atoms with Crippen molar-refractivity contribution in [3.8, 4) is 11.1 Å².